The maximum absolute atomic E-state index is 12.6. The predicted molar refractivity (Wildman–Crippen MR) is 105 cm³/mol. The fourth-order valence-corrected chi connectivity index (χ4v) is 3.94. The number of nitrogens with zero attached hydrogens (tertiary/aromatic N) is 1. The molecule has 0 unspecified atom stereocenters. The van der Waals surface area contributed by atoms with Crippen molar-refractivity contribution in [1.82, 2.24) is 9.88 Å². The average Bonchev–Trinajstić information content (AvgIpc) is 3.00. The van der Waals surface area contributed by atoms with Gasteiger partial charge in [-0.25, -0.2) is 0 Å². The number of aryl methyl sites for hydroxylation is 1. The van der Waals surface area contributed by atoms with Crippen LogP contribution in [0.5, 0.6) is 0 Å². The van der Waals surface area contributed by atoms with Crippen LogP contribution in [0.25, 0.3) is 0 Å². The van der Waals surface area contributed by atoms with Crippen molar-refractivity contribution in [2.75, 3.05) is 6.54 Å². The van der Waals surface area contributed by atoms with Crippen molar-refractivity contribution in [3.05, 3.63) is 58.9 Å². The molecule has 0 bridgehead atoms. The van der Waals surface area contributed by atoms with Crippen LogP contribution >= 0.6 is 0 Å². The van der Waals surface area contributed by atoms with E-state index in [9.17, 15) is 9.59 Å². The van der Waals surface area contributed by atoms with Gasteiger partial charge in [0, 0.05) is 17.4 Å². The molecule has 1 saturated carbocycles. The number of hydrogen-bond acceptors (Lipinski definition) is 3. The smallest absolute Gasteiger partial charge is 0.325 e. The van der Waals surface area contributed by atoms with E-state index in [-0.39, 0.29) is 19.1 Å². The Balaban J connectivity index is 1.55. The number of nitrogens with one attached hydrogen (secondary N) is 1. The summed E-state index contributed by atoms with van der Waals surface area (Å²) in [5.41, 5.74) is 3.66. The summed E-state index contributed by atoms with van der Waals surface area (Å²) in [6, 6.07) is 11.9. The fraction of sp³-hybridized carbons (Fsp3) is 0.455. The lowest BCUT2D eigenvalue weighted by Gasteiger charge is -2.26. The Bertz CT molecular complexity index is 789. The molecule has 1 amide bonds. The van der Waals surface area contributed by atoms with Crippen LogP contribution in [-0.4, -0.2) is 23.0 Å². The lowest BCUT2D eigenvalue weighted by atomic mass is 9.95. The van der Waals surface area contributed by atoms with Crippen molar-refractivity contribution < 1.29 is 14.3 Å². The molecule has 3 rings (SSSR count). The molecule has 1 aliphatic carbocycles. The van der Waals surface area contributed by atoms with Crippen LogP contribution in [-0.2, 0) is 16.1 Å². The molecule has 1 aliphatic rings. The zero-order chi connectivity index (χ0) is 19.2. The second kappa shape index (κ2) is 8.89. The highest BCUT2D eigenvalue weighted by molar-refractivity contribution is 5.97. The van der Waals surface area contributed by atoms with Gasteiger partial charge in [-0.05, 0) is 38.3 Å². The topological polar surface area (TPSA) is 60.3 Å². The van der Waals surface area contributed by atoms with Gasteiger partial charge in [0.05, 0.1) is 5.56 Å². The highest BCUT2D eigenvalue weighted by Crippen LogP contribution is 2.32. The normalized spacial score (nSPS) is 14.7. The van der Waals surface area contributed by atoms with E-state index >= 15 is 0 Å². The van der Waals surface area contributed by atoms with Crippen LogP contribution < -0.4 is 5.32 Å². The van der Waals surface area contributed by atoms with Crippen molar-refractivity contribution in [2.45, 2.75) is 58.6 Å². The van der Waals surface area contributed by atoms with Gasteiger partial charge in [0.2, 0.25) is 0 Å². The van der Waals surface area contributed by atoms with E-state index < -0.39 is 5.97 Å². The van der Waals surface area contributed by atoms with Crippen molar-refractivity contribution >= 4 is 11.9 Å². The maximum atomic E-state index is 12.6. The second-order valence-electron chi connectivity index (χ2n) is 7.28. The highest BCUT2D eigenvalue weighted by Gasteiger charge is 2.22. The molecule has 27 heavy (non-hydrogen) atoms. The summed E-state index contributed by atoms with van der Waals surface area (Å²) in [5, 5.41) is 2.69. The third kappa shape index (κ3) is 4.79. The number of ether oxygens (including phenoxy) is 1. The Hall–Kier alpha value is -2.56. The quantitative estimate of drug-likeness (QED) is 0.782. The van der Waals surface area contributed by atoms with Gasteiger partial charge >= 0.3 is 5.97 Å². The van der Waals surface area contributed by atoms with Gasteiger partial charge < -0.3 is 14.6 Å². The number of carbonyl (C=O) groups is 2. The number of aromatic nitrogens is 1. The van der Waals surface area contributed by atoms with Crippen molar-refractivity contribution in [2.24, 2.45) is 0 Å². The molecule has 1 aromatic heterocycles. The zero-order valence-electron chi connectivity index (χ0n) is 16.2. The number of rotatable bonds is 6. The summed E-state index contributed by atoms with van der Waals surface area (Å²) in [7, 11) is 0. The number of carbonyl (C=O) groups excluding carboxylic acids is 2. The highest BCUT2D eigenvalue weighted by atomic mass is 16.5. The predicted octanol–water partition coefficient (Wildman–Crippen LogP) is 4.08. The molecule has 0 saturated heterocycles. The van der Waals surface area contributed by atoms with E-state index in [2.05, 4.69) is 9.88 Å². The Morgan fingerprint density at radius 1 is 1.11 bits per heavy atom. The summed E-state index contributed by atoms with van der Waals surface area (Å²) in [5.74, 6) is -0.657. The monoisotopic (exact) mass is 368 g/mol. The Morgan fingerprint density at radius 2 is 1.81 bits per heavy atom. The van der Waals surface area contributed by atoms with Crippen molar-refractivity contribution in [3.8, 4) is 0 Å². The minimum absolute atomic E-state index is 0.126. The van der Waals surface area contributed by atoms with Gasteiger partial charge in [-0.15, -0.1) is 0 Å². The number of hydrogen-bond donors (Lipinski definition) is 1. The molecule has 144 valence electrons. The van der Waals surface area contributed by atoms with Crippen LogP contribution in [0, 0.1) is 13.8 Å². The zero-order valence-corrected chi connectivity index (χ0v) is 16.2. The van der Waals surface area contributed by atoms with Gasteiger partial charge in [-0.1, -0.05) is 49.6 Å². The third-order valence-electron chi connectivity index (χ3n) is 5.30. The Kier molecular flexibility index (Phi) is 6.32. The van der Waals surface area contributed by atoms with Crippen LogP contribution in [0.4, 0.5) is 0 Å². The lowest BCUT2D eigenvalue weighted by molar-refractivity contribution is -0.143. The van der Waals surface area contributed by atoms with E-state index in [1.54, 1.807) is 0 Å². The van der Waals surface area contributed by atoms with E-state index in [4.69, 9.17) is 4.74 Å². The SMILES string of the molecule is Cc1cc(C(=O)NCC(=O)OCc2ccccc2)c(C)n1C1CCCCC1. The summed E-state index contributed by atoms with van der Waals surface area (Å²) < 4.78 is 7.50. The molecule has 0 spiro atoms. The summed E-state index contributed by atoms with van der Waals surface area (Å²) in [4.78, 5) is 24.5. The molecule has 0 atom stereocenters. The molecule has 1 heterocycles. The van der Waals surface area contributed by atoms with E-state index in [0.29, 0.717) is 11.6 Å². The minimum atomic E-state index is -0.437. The number of amides is 1. The lowest BCUT2D eigenvalue weighted by Crippen LogP contribution is -2.31. The third-order valence-corrected chi connectivity index (χ3v) is 5.30. The number of esters is 1. The molecular formula is C22H28N2O3. The fourth-order valence-electron chi connectivity index (χ4n) is 3.94. The first-order valence-corrected chi connectivity index (χ1v) is 9.72. The Labute approximate surface area is 160 Å². The number of benzene rings is 1. The van der Waals surface area contributed by atoms with Crippen molar-refractivity contribution in [1.29, 1.82) is 0 Å². The van der Waals surface area contributed by atoms with Gasteiger partial charge in [-0.2, -0.15) is 0 Å². The van der Waals surface area contributed by atoms with Gasteiger partial charge in [0.25, 0.3) is 5.91 Å². The molecular weight excluding hydrogens is 340 g/mol. The van der Waals surface area contributed by atoms with Crippen LogP contribution in [0.2, 0.25) is 0 Å². The first-order chi connectivity index (χ1) is 13.1. The minimum Gasteiger partial charge on any atom is -0.460 e. The first-order valence-electron chi connectivity index (χ1n) is 9.72. The molecule has 1 aromatic carbocycles. The molecule has 2 aromatic rings. The van der Waals surface area contributed by atoms with Crippen LogP contribution in [0.3, 0.4) is 0 Å². The molecule has 1 fully saturated rings. The van der Waals surface area contributed by atoms with E-state index in [1.807, 2.05) is 50.2 Å². The molecule has 0 aliphatic heterocycles. The molecule has 5 heteroatoms. The van der Waals surface area contributed by atoms with Gasteiger partial charge in [0.1, 0.15) is 13.2 Å². The molecule has 0 radical (unpaired) electrons. The average molecular weight is 368 g/mol. The molecule has 1 N–H and O–H groups in total. The standard InChI is InChI=1S/C22H28N2O3/c1-16-13-20(17(2)24(16)19-11-7-4-8-12-19)22(26)23-14-21(25)27-15-18-9-5-3-6-10-18/h3,5-6,9-10,13,19H,4,7-8,11-12,14-15H2,1-2H3,(H,23,26). The van der Waals surface area contributed by atoms with Gasteiger partial charge in [-0.3, -0.25) is 9.59 Å². The first kappa shape index (κ1) is 19.2. The largest absolute Gasteiger partial charge is 0.460 e. The van der Waals surface area contributed by atoms with Gasteiger partial charge in [0.15, 0.2) is 0 Å². The van der Waals surface area contributed by atoms with Crippen LogP contribution in [0.15, 0.2) is 36.4 Å². The van der Waals surface area contributed by atoms with Crippen molar-refractivity contribution in [3.63, 3.8) is 0 Å². The summed E-state index contributed by atoms with van der Waals surface area (Å²) in [6.45, 7) is 4.13. The Morgan fingerprint density at radius 3 is 2.52 bits per heavy atom. The summed E-state index contributed by atoms with van der Waals surface area (Å²) in [6.07, 6.45) is 6.13. The van der Waals surface area contributed by atoms with E-state index in [0.717, 1.165) is 17.0 Å². The second-order valence-corrected chi connectivity index (χ2v) is 7.28. The maximum Gasteiger partial charge on any atom is 0.325 e. The molecule has 5 nitrogen and oxygen atoms in total. The summed E-state index contributed by atoms with van der Waals surface area (Å²) >= 11 is 0. The van der Waals surface area contributed by atoms with E-state index in [1.165, 1.54) is 32.1 Å². The van der Waals surface area contributed by atoms with Crippen LogP contribution in [0.1, 0.15) is 65.5 Å².